The molecule has 2 aliphatic rings. The van der Waals surface area contributed by atoms with Crippen LogP contribution in [0.1, 0.15) is 31.4 Å². The smallest absolute Gasteiger partial charge is 0.310 e. The van der Waals surface area contributed by atoms with Gasteiger partial charge in [0.1, 0.15) is 0 Å². The molecule has 0 aromatic heterocycles. The monoisotopic (exact) mass is 365 g/mol. The second-order valence-corrected chi connectivity index (χ2v) is 6.97. The minimum atomic E-state index is -0.214. The molecule has 25 heavy (non-hydrogen) atoms. The van der Waals surface area contributed by atoms with Crippen molar-refractivity contribution in [1.82, 2.24) is 15.8 Å². The molecule has 3 unspecified atom stereocenters. The SMILES string of the molecule is CCOC(=O)C1CCCN(C(=O)C2CNNC2c2ccc(Cl)cc2)C1. The highest BCUT2D eigenvalue weighted by Gasteiger charge is 2.38. The lowest BCUT2D eigenvalue weighted by Crippen LogP contribution is -2.46. The van der Waals surface area contributed by atoms with Crippen LogP contribution < -0.4 is 10.9 Å². The first-order valence-corrected chi connectivity index (χ1v) is 9.17. The summed E-state index contributed by atoms with van der Waals surface area (Å²) in [5, 5.41) is 0.672. The number of ether oxygens (including phenoxy) is 1. The van der Waals surface area contributed by atoms with Gasteiger partial charge in [-0.25, -0.2) is 5.43 Å². The molecule has 2 N–H and O–H groups in total. The van der Waals surface area contributed by atoms with Crippen molar-refractivity contribution in [3.05, 3.63) is 34.9 Å². The van der Waals surface area contributed by atoms with Gasteiger partial charge < -0.3 is 9.64 Å². The number of piperidine rings is 1. The van der Waals surface area contributed by atoms with E-state index in [0.717, 1.165) is 18.4 Å². The first-order chi connectivity index (χ1) is 12.1. The summed E-state index contributed by atoms with van der Waals surface area (Å²) < 4.78 is 5.12. The van der Waals surface area contributed by atoms with Crippen molar-refractivity contribution >= 4 is 23.5 Å². The topological polar surface area (TPSA) is 70.7 Å². The maximum absolute atomic E-state index is 13.0. The number of benzene rings is 1. The van der Waals surface area contributed by atoms with E-state index >= 15 is 0 Å². The zero-order chi connectivity index (χ0) is 17.8. The Kier molecular flexibility index (Phi) is 5.93. The predicted molar refractivity (Wildman–Crippen MR) is 94.8 cm³/mol. The summed E-state index contributed by atoms with van der Waals surface area (Å²) in [6, 6.07) is 7.43. The maximum atomic E-state index is 13.0. The van der Waals surface area contributed by atoms with Crippen LogP contribution in [0.3, 0.4) is 0 Å². The van der Waals surface area contributed by atoms with Gasteiger partial charge in [0.25, 0.3) is 0 Å². The average molecular weight is 366 g/mol. The van der Waals surface area contributed by atoms with Crippen LogP contribution in [-0.2, 0) is 14.3 Å². The summed E-state index contributed by atoms with van der Waals surface area (Å²) in [5.74, 6) is -0.542. The Labute approximate surface area is 152 Å². The lowest BCUT2D eigenvalue weighted by Gasteiger charge is -2.34. The van der Waals surface area contributed by atoms with Gasteiger partial charge in [-0.05, 0) is 37.5 Å². The maximum Gasteiger partial charge on any atom is 0.310 e. The van der Waals surface area contributed by atoms with Gasteiger partial charge in [0, 0.05) is 24.7 Å². The summed E-state index contributed by atoms with van der Waals surface area (Å²) in [6.45, 7) is 3.88. The second-order valence-electron chi connectivity index (χ2n) is 6.54. The van der Waals surface area contributed by atoms with Gasteiger partial charge >= 0.3 is 5.97 Å². The Morgan fingerprint density at radius 1 is 1.32 bits per heavy atom. The van der Waals surface area contributed by atoms with Crippen LogP contribution in [0.5, 0.6) is 0 Å². The quantitative estimate of drug-likeness (QED) is 0.797. The summed E-state index contributed by atoms with van der Waals surface area (Å²) >= 11 is 5.96. The van der Waals surface area contributed by atoms with Gasteiger partial charge in [-0.15, -0.1) is 0 Å². The molecule has 0 spiro atoms. The van der Waals surface area contributed by atoms with Crippen molar-refractivity contribution in [2.24, 2.45) is 11.8 Å². The Balaban J connectivity index is 1.68. The van der Waals surface area contributed by atoms with E-state index < -0.39 is 0 Å². The number of halogens is 1. The van der Waals surface area contributed by atoms with Crippen LogP contribution >= 0.6 is 11.6 Å². The number of carbonyl (C=O) groups excluding carboxylic acids is 2. The molecule has 2 heterocycles. The number of nitrogens with zero attached hydrogens (tertiary/aromatic N) is 1. The van der Waals surface area contributed by atoms with Crippen LogP contribution in [0, 0.1) is 11.8 Å². The molecule has 0 bridgehead atoms. The summed E-state index contributed by atoms with van der Waals surface area (Å²) in [7, 11) is 0. The fraction of sp³-hybridized carbons (Fsp3) is 0.556. The van der Waals surface area contributed by atoms with Crippen molar-refractivity contribution in [2.45, 2.75) is 25.8 Å². The number of amides is 1. The highest BCUT2D eigenvalue weighted by molar-refractivity contribution is 6.30. The van der Waals surface area contributed by atoms with Crippen molar-refractivity contribution < 1.29 is 14.3 Å². The minimum absolute atomic E-state index is 0.0754. The van der Waals surface area contributed by atoms with Crippen LogP contribution in [-0.4, -0.2) is 43.0 Å². The molecule has 2 fully saturated rings. The first-order valence-electron chi connectivity index (χ1n) is 8.79. The highest BCUT2D eigenvalue weighted by Crippen LogP contribution is 2.29. The zero-order valence-electron chi connectivity index (χ0n) is 14.3. The molecule has 136 valence electrons. The van der Waals surface area contributed by atoms with Crippen molar-refractivity contribution in [1.29, 1.82) is 0 Å². The Morgan fingerprint density at radius 2 is 2.08 bits per heavy atom. The molecular formula is C18H24ClN3O3. The molecule has 0 aliphatic carbocycles. The van der Waals surface area contributed by atoms with Gasteiger partial charge in [-0.3, -0.25) is 15.0 Å². The molecule has 0 saturated carbocycles. The number of nitrogens with one attached hydrogen (secondary N) is 2. The van der Waals surface area contributed by atoms with E-state index in [9.17, 15) is 9.59 Å². The molecule has 6 nitrogen and oxygen atoms in total. The van der Waals surface area contributed by atoms with Gasteiger partial charge in [0.2, 0.25) is 5.91 Å². The number of esters is 1. The summed E-state index contributed by atoms with van der Waals surface area (Å²) in [4.78, 5) is 26.9. The molecule has 3 rings (SSSR count). The molecular weight excluding hydrogens is 342 g/mol. The molecule has 1 aromatic carbocycles. The van der Waals surface area contributed by atoms with Crippen molar-refractivity contribution in [3.8, 4) is 0 Å². The average Bonchev–Trinajstić information content (AvgIpc) is 3.11. The molecule has 2 aliphatic heterocycles. The number of hydrogen-bond donors (Lipinski definition) is 2. The normalized spacial score (nSPS) is 26.5. The lowest BCUT2D eigenvalue weighted by molar-refractivity contribution is -0.151. The minimum Gasteiger partial charge on any atom is -0.466 e. The van der Waals surface area contributed by atoms with E-state index in [2.05, 4.69) is 10.9 Å². The Hall–Kier alpha value is -1.63. The van der Waals surface area contributed by atoms with Gasteiger partial charge in [-0.1, -0.05) is 23.7 Å². The van der Waals surface area contributed by atoms with Gasteiger partial charge in [0.15, 0.2) is 0 Å². The Bertz CT molecular complexity index is 622. The van der Waals surface area contributed by atoms with Crippen LogP contribution in [0.2, 0.25) is 5.02 Å². The summed E-state index contributed by atoms with van der Waals surface area (Å²) in [6.07, 6.45) is 1.61. The fourth-order valence-corrected chi connectivity index (χ4v) is 3.70. The predicted octanol–water partition coefficient (Wildman–Crippen LogP) is 1.91. The number of carbonyl (C=O) groups is 2. The molecule has 3 atom stereocenters. The highest BCUT2D eigenvalue weighted by atomic mass is 35.5. The van der Waals surface area contributed by atoms with Gasteiger partial charge in [-0.2, -0.15) is 0 Å². The summed E-state index contributed by atoms with van der Waals surface area (Å²) in [5.41, 5.74) is 7.29. The molecule has 7 heteroatoms. The number of rotatable bonds is 4. The van der Waals surface area contributed by atoms with Crippen molar-refractivity contribution in [3.63, 3.8) is 0 Å². The van der Waals surface area contributed by atoms with Crippen molar-refractivity contribution in [2.75, 3.05) is 26.2 Å². The standard InChI is InChI=1S/C18H24ClN3O3/c1-2-25-18(24)13-4-3-9-22(11-13)17(23)15-10-20-21-16(15)12-5-7-14(19)8-6-12/h5-8,13,15-16,20-21H,2-4,9-11H2,1H3. The van der Waals surface area contributed by atoms with E-state index in [1.54, 1.807) is 6.92 Å². The third-order valence-electron chi connectivity index (χ3n) is 4.88. The Morgan fingerprint density at radius 3 is 2.80 bits per heavy atom. The fourth-order valence-electron chi connectivity index (χ4n) is 3.58. The molecule has 1 amide bonds. The van der Waals surface area contributed by atoms with E-state index in [4.69, 9.17) is 16.3 Å². The van der Waals surface area contributed by atoms with Crippen LogP contribution in [0.4, 0.5) is 0 Å². The third-order valence-corrected chi connectivity index (χ3v) is 5.13. The number of likely N-dealkylation sites (tertiary alicyclic amines) is 1. The molecule has 0 radical (unpaired) electrons. The van der Waals surface area contributed by atoms with Crippen LogP contribution in [0.25, 0.3) is 0 Å². The largest absolute Gasteiger partial charge is 0.466 e. The zero-order valence-corrected chi connectivity index (χ0v) is 15.1. The molecule has 1 aromatic rings. The van der Waals surface area contributed by atoms with Crippen LogP contribution in [0.15, 0.2) is 24.3 Å². The van der Waals surface area contributed by atoms with E-state index in [-0.39, 0.29) is 29.8 Å². The number of hydrogen-bond acceptors (Lipinski definition) is 5. The van der Waals surface area contributed by atoms with E-state index in [0.29, 0.717) is 31.3 Å². The van der Waals surface area contributed by atoms with Gasteiger partial charge in [0.05, 0.1) is 24.5 Å². The van der Waals surface area contributed by atoms with E-state index in [1.807, 2.05) is 29.2 Å². The first kappa shape index (κ1) is 18.2. The second kappa shape index (κ2) is 8.17. The number of hydrazine groups is 1. The van der Waals surface area contributed by atoms with E-state index in [1.165, 1.54) is 0 Å². The third kappa shape index (κ3) is 4.14. The lowest BCUT2D eigenvalue weighted by atomic mass is 9.91. The molecule has 2 saturated heterocycles.